The molecule has 0 bridgehead atoms. The molecule has 1 aromatic carbocycles. The highest BCUT2D eigenvalue weighted by Gasteiger charge is 2.17. The van der Waals surface area contributed by atoms with Crippen LogP contribution in [-0.4, -0.2) is 42.2 Å². The number of hydrogen-bond acceptors (Lipinski definition) is 3. The van der Waals surface area contributed by atoms with Crippen LogP contribution in [0.2, 0.25) is 0 Å². The van der Waals surface area contributed by atoms with Gasteiger partial charge in [0.05, 0.1) is 5.56 Å². The van der Waals surface area contributed by atoms with Gasteiger partial charge in [0.2, 0.25) is 0 Å². The van der Waals surface area contributed by atoms with Crippen molar-refractivity contribution in [2.24, 2.45) is 5.92 Å². The first-order chi connectivity index (χ1) is 9.97. The highest BCUT2D eigenvalue weighted by molar-refractivity contribution is 5.88. The summed E-state index contributed by atoms with van der Waals surface area (Å²) in [6.45, 7) is 5.52. The Labute approximate surface area is 122 Å². The molecule has 0 saturated carbocycles. The minimum atomic E-state index is -1.35. The van der Waals surface area contributed by atoms with Crippen LogP contribution in [0.5, 0.6) is 0 Å². The van der Waals surface area contributed by atoms with Gasteiger partial charge in [-0.05, 0) is 44.0 Å². The summed E-state index contributed by atoms with van der Waals surface area (Å²) in [5, 5.41) is 11.5. The second kappa shape index (κ2) is 6.85. The topological polar surface area (TPSA) is 52.6 Å². The van der Waals surface area contributed by atoms with Crippen LogP contribution in [0.25, 0.3) is 0 Å². The molecule has 0 aromatic heterocycles. The van der Waals surface area contributed by atoms with Gasteiger partial charge in [0, 0.05) is 13.1 Å². The quantitative estimate of drug-likeness (QED) is 0.848. The minimum absolute atomic E-state index is 0.251. The summed E-state index contributed by atoms with van der Waals surface area (Å²) >= 11 is 0. The van der Waals surface area contributed by atoms with E-state index in [4.69, 9.17) is 5.11 Å². The van der Waals surface area contributed by atoms with E-state index < -0.39 is 17.6 Å². The number of nitrogens with zero attached hydrogens (tertiary/aromatic N) is 1. The average Bonchev–Trinajstić information content (AvgIpc) is 2.90. The Morgan fingerprint density at radius 3 is 2.43 bits per heavy atom. The van der Waals surface area contributed by atoms with Crippen LogP contribution < -0.4 is 5.32 Å². The summed E-state index contributed by atoms with van der Waals surface area (Å²) in [5.74, 6) is -2.84. The van der Waals surface area contributed by atoms with Crippen molar-refractivity contribution >= 4 is 11.7 Å². The molecule has 116 valence electrons. The smallest absolute Gasteiger partial charge is 0.335 e. The second-order valence-corrected chi connectivity index (χ2v) is 5.61. The zero-order valence-corrected chi connectivity index (χ0v) is 12.0. The monoisotopic (exact) mass is 298 g/mol. The summed E-state index contributed by atoms with van der Waals surface area (Å²) in [5.41, 5.74) is -0.645. The molecule has 21 heavy (non-hydrogen) atoms. The van der Waals surface area contributed by atoms with Crippen molar-refractivity contribution in [3.8, 4) is 0 Å². The number of halogens is 2. The fourth-order valence-corrected chi connectivity index (χ4v) is 2.61. The molecule has 4 nitrogen and oxygen atoms in total. The molecule has 2 N–H and O–H groups in total. The number of benzene rings is 1. The Morgan fingerprint density at radius 1 is 1.33 bits per heavy atom. The Bertz CT molecular complexity index is 493. The molecule has 0 radical (unpaired) electrons. The lowest BCUT2D eigenvalue weighted by Gasteiger charge is -2.21. The van der Waals surface area contributed by atoms with Crippen LogP contribution >= 0.6 is 0 Å². The van der Waals surface area contributed by atoms with Gasteiger partial charge in [0.25, 0.3) is 0 Å². The molecular weight excluding hydrogens is 278 g/mol. The number of carboxylic acids is 1. The molecule has 1 atom stereocenters. The van der Waals surface area contributed by atoms with E-state index in [1.807, 2.05) is 6.92 Å². The first-order valence-corrected chi connectivity index (χ1v) is 7.16. The van der Waals surface area contributed by atoms with Gasteiger partial charge >= 0.3 is 5.97 Å². The minimum Gasteiger partial charge on any atom is -0.478 e. The highest BCUT2D eigenvalue weighted by Crippen LogP contribution is 2.21. The van der Waals surface area contributed by atoms with Crippen molar-refractivity contribution in [3.63, 3.8) is 0 Å². The van der Waals surface area contributed by atoms with Gasteiger partial charge in [-0.1, -0.05) is 6.92 Å². The molecule has 1 heterocycles. The van der Waals surface area contributed by atoms with Crippen molar-refractivity contribution in [1.82, 2.24) is 4.90 Å². The van der Waals surface area contributed by atoms with E-state index in [2.05, 4.69) is 10.2 Å². The van der Waals surface area contributed by atoms with Crippen molar-refractivity contribution < 1.29 is 18.7 Å². The third-order valence-electron chi connectivity index (χ3n) is 3.68. The van der Waals surface area contributed by atoms with Crippen molar-refractivity contribution in [2.45, 2.75) is 19.8 Å². The highest BCUT2D eigenvalue weighted by atomic mass is 19.1. The van der Waals surface area contributed by atoms with Crippen LogP contribution in [-0.2, 0) is 0 Å². The van der Waals surface area contributed by atoms with E-state index in [9.17, 15) is 13.6 Å². The first-order valence-electron chi connectivity index (χ1n) is 7.16. The maximum Gasteiger partial charge on any atom is 0.335 e. The number of aromatic carboxylic acids is 1. The molecular formula is C15H20F2N2O2. The Kier molecular flexibility index (Phi) is 5.12. The van der Waals surface area contributed by atoms with E-state index in [0.29, 0.717) is 6.54 Å². The SMILES string of the molecule is CC(CNc1c(F)cc(C(=O)O)cc1F)CN1CCCC1. The lowest BCUT2D eigenvalue weighted by molar-refractivity contribution is 0.0696. The maximum absolute atomic E-state index is 13.8. The number of likely N-dealkylation sites (tertiary alicyclic amines) is 1. The Morgan fingerprint density at radius 2 is 1.90 bits per heavy atom. The first kappa shape index (κ1) is 15.7. The van der Waals surface area contributed by atoms with E-state index >= 15 is 0 Å². The second-order valence-electron chi connectivity index (χ2n) is 5.61. The summed E-state index contributed by atoms with van der Waals surface area (Å²) in [6, 6.07) is 1.66. The molecule has 1 aliphatic rings. The van der Waals surface area contributed by atoms with Crippen LogP contribution in [0.1, 0.15) is 30.1 Å². The van der Waals surface area contributed by atoms with Crippen molar-refractivity contribution in [1.29, 1.82) is 0 Å². The van der Waals surface area contributed by atoms with E-state index in [1.165, 1.54) is 12.8 Å². The molecule has 1 aromatic rings. The third kappa shape index (κ3) is 4.14. The van der Waals surface area contributed by atoms with E-state index in [0.717, 1.165) is 31.8 Å². The zero-order valence-electron chi connectivity index (χ0n) is 12.0. The standard InChI is InChI=1S/C15H20F2N2O2/c1-10(9-19-4-2-3-5-19)8-18-14-12(16)6-11(15(20)21)7-13(14)17/h6-7,10,18H,2-5,8-9H2,1H3,(H,20,21). The Balaban J connectivity index is 1.94. The van der Waals surface area contributed by atoms with E-state index in [1.54, 1.807) is 0 Å². The summed E-state index contributed by atoms with van der Waals surface area (Å²) < 4.78 is 27.5. The number of nitrogens with one attached hydrogen (secondary N) is 1. The lowest BCUT2D eigenvalue weighted by atomic mass is 10.1. The molecule has 1 unspecified atom stereocenters. The predicted molar refractivity (Wildman–Crippen MR) is 76.6 cm³/mol. The molecule has 0 aliphatic carbocycles. The van der Waals surface area contributed by atoms with Crippen molar-refractivity contribution in [2.75, 3.05) is 31.5 Å². The molecule has 0 amide bonds. The summed E-state index contributed by atoms with van der Waals surface area (Å²) in [7, 11) is 0. The van der Waals surface area contributed by atoms with Gasteiger partial charge < -0.3 is 15.3 Å². The number of hydrogen-bond donors (Lipinski definition) is 2. The normalized spacial score (nSPS) is 16.9. The third-order valence-corrected chi connectivity index (χ3v) is 3.68. The van der Waals surface area contributed by atoms with Gasteiger partial charge in [-0.15, -0.1) is 0 Å². The summed E-state index contributed by atoms with van der Waals surface area (Å²) in [6.07, 6.45) is 2.42. The fourth-order valence-electron chi connectivity index (χ4n) is 2.61. The van der Waals surface area contributed by atoms with Gasteiger partial charge in [0.15, 0.2) is 0 Å². The van der Waals surface area contributed by atoms with Gasteiger partial charge in [0.1, 0.15) is 17.3 Å². The van der Waals surface area contributed by atoms with Crippen LogP contribution in [0, 0.1) is 17.6 Å². The van der Waals surface area contributed by atoms with Gasteiger partial charge in [-0.3, -0.25) is 0 Å². The van der Waals surface area contributed by atoms with Crippen LogP contribution in [0.3, 0.4) is 0 Å². The number of rotatable bonds is 6. The molecule has 0 spiro atoms. The zero-order chi connectivity index (χ0) is 15.4. The maximum atomic E-state index is 13.8. The fraction of sp³-hybridized carbons (Fsp3) is 0.533. The lowest BCUT2D eigenvalue weighted by Crippen LogP contribution is -2.29. The van der Waals surface area contributed by atoms with Crippen LogP contribution in [0.4, 0.5) is 14.5 Å². The molecule has 1 saturated heterocycles. The molecule has 6 heteroatoms. The predicted octanol–water partition coefficient (Wildman–Crippen LogP) is 2.81. The van der Waals surface area contributed by atoms with Gasteiger partial charge in [-0.25, -0.2) is 13.6 Å². The number of carboxylic acid groups (broad SMARTS) is 1. The molecule has 2 rings (SSSR count). The Hall–Kier alpha value is -1.69. The van der Waals surface area contributed by atoms with Crippen molar-refractivity contribution in [3.05, 3.63) is 29.3 Å². The summed E-state index contributed by atoms with van der Waals surface area (Å²) in [4.78, 5) is 13.1. The average molecular weight is 298 g/mol. The van der Waals surface area contributed by atoms with E-state index in [-0.39, 0.29) is 17.2 Å². The van der Waals surface area contributed by atoms with Crippen LogP contribution in [0.15, 0.2) is 12.1 Å². The number of carbonyl (C=O) groups is 1. The molecule has 1 aliphatic heterocycles. The largest absolute Gasteiger partial charge is 0.478 e. The van der Waals surface area contributed by atoms with Gasteiger partial charge in [-0.2, -0.15) is 0 Å². The number of anilines is 1. The molecule has 1 fully saturated rings.